The van der Waals surface area contributed by atoms with E-state index in [1.54, 1.807) is 0 Å². The molecule has 0 heterocycles. The largest absolute Gasteiger partial charge is 0.480 e. The van der Waals surface area contributed by atoms with E-state index in [9.17, 15) is 52.7 Å². The molecule has 0 fully saturated rings. The lowest BCUT2D eigenvalue weighted by molar-refractivity contribution is -0.142. The molecule has 440 valence electrons. The van der Waals surface area contributed by atoms with Gasteiger partial charge in [-0.2, -0.15) is 0 Å². The van der Waals surface area contributed by atoms with Gasteiger partial charge in [0.25, 0.3) is 0 Å². The Morgan fingerprint density at radius 3 is 1.17 bits per heavy atom. The summed E-state index contributed by atoms with van der Waals surface area (Å²) in [7, 11) is 0. The predicted molar refractivity (Wildman–Crippen MR) is 281 cm³/mol. The minimum absolute atomic E-state index is 0.00553. The van der Waals surface area contributed by atoms with Crippen molar-refractivity contribution in [2.75, 3.05) is 92.4 Å². The first kappa shape index (κ1) is 75.2. The Kier molecular flexibility index (Phi) is 47.8. The van der Waals surface area contributed by atoms with Gasteiger partial charge in [0.2, 0.25) is 23.6 Å². The quantitative estimate of drug-likeness (QED) is 0.0473. The molecule has 0 saturated heterocycles. The van der Waals surface area contributed by atoms with Crippen molar-refractivity contribution < 1.29 is 91.4 Å². The number of carbonyl (C=O) groups excluding carboxylic acids is 9. The zero-order valence-corrected chi connectivity index (χ0v) is 47.2. The molecule has 0 aliphatic rings. The fourth-order valence-corrected chi connectivity index (χ4v) is 5.81. The molecule has 23 heteroatoms. The third-order valence-electron chi connectivity index (χ3n) is 10.5. The molecule has 0 aliphatic carbocycles. The molecule has 0 saturated carbocycles. The number of ether oxygens (including phenoxy) is 6. The van der Waals surface area contributed by atoms with Crippen molar-refractivity contribution in [3.63, 3.8) is 0 Å². The highest BCUT2D eigenvalue weighted by molar-refractivity contribution is 5.85. The molecule has 6 N–H and O–H groups in total. The van der Waals surface area contributed by atoms with Crippen molar-refractivity contribution in [1.82, 2.24) is 21.3 Å². The van der Waals surface area contributed by atoms with Gasteiger partial charge in [-0.3, -0.25) is 43.2 Å². The summed E-state index contributed by atoms with van der Waals surface area (Å²) in [6.45, 7) is 22.5. The smallest absolute Gasteiger partial charge is 0.326 e. The van der Waals surface area contributed by atoms with E-state index in [2.05, 4.69) is 21.3 Å². The van der Waals surface area contributed by atoms with Crippen LogP contribution in [0.1, 0.15) is 153 Å². The van der Waals surface area contributed by atoms with E-state index in [4.69, 9.17) is 38.6 Å². The summed E-state index contributed by atoms with van der Waals surface area (Å²) in [6.07, 6.45) is 4.37. The second kappa shape index (κ2) is 48.3. The maximum atomic E-state index is 11.7. The molecule has 0 spiro atoms. The molecule has 2 atom stereocenters. The Hall–Kier alpha value is -5.07. The number of rotatable bonds is 45. The fourth-order valence-electron chi connectivity index (χ4n) is 5.81. The van der Waals surface area contributed by atoms with Gasteiger partial charge in [0.05, 0.1) is 66.1 Å². The van der Waals surface area contributed by atoms with Gasteiger partial charge in [-0.05, 0) is 25.7 Å². The van der Waals surface area contributed by atoms with Crippen LogP contribution in [0.3, 0.4) is 0 Å². The van der Waals surface area contributed by atoms with Crippen molar-refractivity contribution in [3.05, 3.63) is 0 Å². The first-order chi connectivity index (χ1) is 35.7. The van der Waals surface area contributed by atoms with Crippen LogP contribution in [0, 0.1) is 17.3 Å². The van der Waals surface area contributed by atoms with Gasteiger partial charge >= 0.3 is 11.9 Å². The number of amides is 4. The van der Waals surface area contributed by atoms with Crippen molar-refractivity contribution in [1.29, 1.82) is 0 Å². The van der Waals surface area contributed by atoms with Crippen LogP contribution in [0.15, 0.2) is 0 Å². The van der Waals surface area contributed by atoms with Crippen LogP contribution < -0.4 is 21.3 Å². The topological polar surface area (TPSA) is 332 Å². The van der Waals surface area contributed by atoms with Gasteiger partial charge in [0.15, 0.2) is 0 Å². The van der Waals surface area contributed by atoms with E-state index in [0.29, 0.717) is 118 Å². The van der Waals surface area contributed by atoms with E-state index < -0.39 is 35.8 Å². The number of hydrogen-bond acceptors (Lipinski definition) is 17. The highest BCUT2D eigenvalue weighted by atomic mass is 16.5. The maximum absolute atomic E-state index is 11.7. The Morgan fingerprint density at radius 1 is 0.434 bits per heavy atom. The zero-order valence-electron chi connectivity index (χ0n) is 47.2. The average Bonchev–Trinajstić information content (AvgIpc) is 3.34. The van der Waals surface area contributed by atoms with Gasteiger partial charge in [-0.15, -0.1) is 0 Å². The number of carboxylic acid groups (broad SMARTS) is 2. The standard InChI is InChI=1S/C24H43N3O10.C16H27NO6.C13H24O3/c1-18(2)21(29)6-10-34-14-16-37-13-9-26-23(31)7-11-35-15-17-36-12-8-25-22(30)5-4-20(24(32)33)27-19(3)28;1-11(2)15(20)8-10-23-9-4-5-13(19)6-7-14(16(21)22)17-12(3)18;1-5-11(14)7-6-9-16-10-8-12(15)13(2,3)4/h18,20H,4-17H2,1-3H3,(H,25,30)(H,26,31)(H,27,28)(H,32,33);11,14H,4-10H2,1-3H3,(H,17,18)(H,21,22);5-10H2,1-4H3/t20-;14-;/m00./s1. The molecule has 0 aromatic heterocycles. The van der Waals surface area contributed by atoms with E-state index in [0.717, 1.165) is 6.42 Å². The number of carboxylic acids is 2. The first-order valence-electron chi connectivity index (χ1n) is 26.4. The summed E-state index contributed by atoms with van der Waals surface area (Å²) in [4.78, 5) is 124. The number of aliphatic carboxylic acids is 2. The van der Waals surface area contributed by atoms with Crippen molar-refractivity contribution >= 4 is 64.5 Å². The number of hydrogen-bond donors (Lipinski definition) is 6. The van der Waals surface area contributed by atoms with Crippen LogP contribution in [0.5, 0.6) is 0 Å². The van der Waals surface area contributed by atoms with E-state index in [1.165, 1.54) is 13.8 Å². The normalized spacial score (nSPS) is 11.7. The molecule has 0 aromatic carbocycles. The Labute approximate surface area is 450 Å². The van der Waals surface area contributed by atoms with Crippen molar-refractivity contribution in [2.24, 2.45) is 17.3 Å². The Bertz CT molecular complexity index is 1700. The number of carbonyl (C=O) groups is 11. The summed E-state index contributed by atoms with van der Waals surface area (Å²) in [5.74, 6) is -2.96. The Balaban J connectivity index is -0.00000116. The lowest BCUT2D eigenvalue weighted by atomic mass is 9.89. The van der Waals surface area contributed by atoms with Gasteiger partial charge in [-0.25, -0.2) is 9.59 Å². The number of nitrogens with one attached hydrogen (secondary N) is 4. The van der Waals surface area contributed by atoms with E-state index >= 15 is 0 Å². The van der Waals surface area contributed by atoms with Crippen LogP contribution in [0.4, 0.5) is 0 Å². The molecule has 0 radical (unpaired) electrons. The summed E-state index contributed by atoms with van der Waals surface area (Å²) < 4.78 is 31.9. The lowest BCUT2D eigenvalue weighted by Crippen LogP contribution is -2.40. The highest BCUT2D eigenvalue weighted by Crippen LogP contribution is 2.16. The fraction of sp³-hybridized carbons (Fsp3) is 0.792. The molecular formula is C53H94N4O19. The summed E-state index contributed by atoms with van der Waals surface area (Å²) in [6, 6.07) is -2.13. The summed E-state index contributed by atoms with van der Waals surface area (Å²) in [5, 5.41) is 27.8. The van der Waals surface area contributed by atoms with Gasteiger partial charge < -0.3 is 59.9 Å². The van der Waals surface area contributed by atoms with E-state index in [-0.39, 0.29) is 110 Å². The minimum atomic E-state index is -1.19. The van der Waals surface area contributed by atoms with Gasteiger partial charge in [0, 0.05) is 115 Å². The second-order valence-corrected chi connectivity index (χ2v) is 19.2. The minimum Gasteiger partial charge on any atom is -0.480 e. The highest BCUT2D eigenvalue weighted by Gasteiger charge is 2.22. The SMILES string of the molecule is CC(=O)N[C@@H](CCC(=O)CCCOCCC(=O)C(C)C)C(=O)O.CC(=O)N[C@@H](CCC(=O)NCCOCCOCCC(=O)NCCOCCOCCC(=O)C(C)C)C(=O)O.CCC(=O)CCCOCCC(=O)C(C)(C)C. The third-order valence-corrected chi connectivity index (χ3v) is 10.5. The van der Waals surface area contributed by atoms with E-state index in [1.807, 2.05) is 55.4 Å². The average molecular weight is 1090 g/mol. The monoisotopic (exact) mass is 1090 g/mol. The molecule has 4 amide bonds. The van der Waals surface area contributed by atoms with Crippen LogP contribution in [-0.2, 0) is 81.2 Å². The molecule has 76 heavy (non-hydrogen) atoms. The van der Waals surface area contributed by atoms with Crippen molar-refractivity contribution in [3.8, 4) is 0 Å². The molecule has 23 nitrogen and oxygen atoms in total. The van der Waals surface area contributed by atoms with Crippen molar-refractivity contribution in [2.45, 2.75) is 165 Å². The molecule has 0 aliphatic heterocycles. The van der Waals surface area contributed by atoms with Crippen LogP contribution in [0.25, 0.3) is 0 Å². The predicted octanol–water partition coefficient (Wildman–Crippen LogP) is 3.76. The number of Topliss-reactive ketones (excluding diaryl/α,β-unsaturated/α-hetero) is 5. The van der Waals surface area contributed by atoms with Crippen LogP contribution >= 0.6 is 0 Å². The maximum Gasteiger partial charge on any atom is 0.326 e. The summed E-state index contributed by atoms with van der Waals surface area (Å²) >= 11 is 0. The summed E-state index contributed by atoms with van der Waals surface area (Å²) in [5.41, 5.74) is -0.276. The lowest BCUT2D eigenvalue weighted by Gasteiger charge is -2.16. The van der Waals surface area contributed by atoms with Crippen LogP contribution in [0.2, 0.25) is 0 Å². The van der Waals surface area contributed by atoms with Gasteiger partial charge in [-0.1, -0.05) is 55.4 Å². The molecular weight excluding hydrogens is 997 g/mol. The Morgan fingerprint density at radius 2 is 0.789 bits per heavy atom. The molecule has 0 bridgehead atoms. The molecule has 0 aromatic rings. The first-order valence-corrected chi connectivity index (χ1v) is 26.4. The van der Waals surface area contributed by atoms with Crippen LogP contribution in [-0.4, -0.2) is 179 Å². The molecule has 0 unspecified atom stereocenters. The zero-order chi connectivity index (χ0) is 58.3. The number of ketones is 5. The van der Waals surface area contributed by atoms with Gasteiger partial charge in [0.1, 0.15) is 41.0 Å². The second-order valence-electron chi connectivity index (χ2n) is 19.2. The molecule has 0 rings (SSSR count). The third kappa shape index (κ3) is 51.1.